The van der Waals surface area contributed by atoms with E-state index in [1.165, 1.54) is 0 Å². The average molecular weight is 492 g/mol. The van der Waals surface area contributed by atoms with Gasteiger partial charge in [0.1, 0.15) is 42.4 Å². The first kappa shape index (κ1) is 24.7. The summed E-state index contributed by atoms with van der Waals surface area (Å²) >= 11 is 0. The van der Waals surface area contributed by atoms with Crippen LogP contribution in [0.25, 0.3) is 0 Å². The smallest absolute Gasteiger partial charge is 0.306 e. The van der Waals surface area contributed by atoms with Crippen LogP contribution in [0.4, 0.5) is 5.69 Å². The van der Waals surface area contributed by atoms with Crippen LogP contribution in [0.1, 0.15) is 18.9 Å². The van der Waals surface area contributed by atoms with Gasteiger partial charge in [-0.15, -0.1) is 0 Å². The number of benzene rings is 3. The molecule has 6 nitrogen and oxygen atoms in total. The Kier molecular flexibility index (Phi) is 7.70. The van der Waals surface area contributed by atoms with Crippen LogP contribution in [-0.4, -0.2) is 27.3 Å². The second kappa shape index (κ2) is 10.9. The van der Waals surface area contributed by atoms with Crippen molar-refractivity contribution in [2.75, 3.05) is 18.8 Å². The van der Waals surface area contributed by atoms with Gasteiger partial charge >= 0.3 is 10.0 Å². The fraction of sp³-hybridized carbons (Fsp3) is 0.214. The van der Waals surface area contributed by atoms with Gasteiger partial charge in [-0.1, -0.05) is 43.3 Å². The summed E-state index contributed by atoms with van der Waals surface area (Å²) in [6.45, 7) is 2.98. The van der Waals surface area contributed by atoms with Crippen molar-refractivity contribution in [3.05, 3.63) is 108 Å². The van der Waals surface area contributed by atoms with Crippen LogP contribution in [0.5, 0.6) is 17.2 Å². The van der Waals surface area contributed by atoms with Gasteiger partial charge < -0.3 is 15.2 Å². The van der Waals surface area contributed by atoms with Gasteiger partial charge in [-0.3, -0.25) is 0 Å². The number of hydrogen-bond donors (Lipinski definition) is 1. The molecule has 182 valence electrons. The zero-order valence-corrected chi connectivity index (χ0v) is 20.7. The molecule has 3 aromatic rings. The molecule has 0 spiro atoms. The molecule has 1 aliphatic heterocycles. The lowest BCUT2D eigenvalue weighted by atomic mass is 10.2. The summed E-state index contributed by atoms with van der Waals surface area (Å²) in [4.78, 5) is 0. The number of ether oxygens (including phenoxy) is 2. The maximum atomic E-state index is 13.3. The summed E-state index contributed by atoms with van der Waals surface area (Å²) < 4.78 is 38.2. The quantitative estimate of drug-likeness (QED) is 0.378. The fourth-order valence-corrected chi connectivity index (χ4v) is 5.94. The van der Waals surface area contributed by atoms with Crippen molar-refractivity contribution in [1.82, 2.24) is 3.89 Å². The Labute approximate surface area is 207 Å². The zero-order chi connectivity index (χ0) is 24.7. The minimum Gasteiger partial charge on any atom is -0.489 e. The molecule has 1 atom stereocenters. The van der Waals surface area contributed by atoms with Gasteiger partial charge in [0.25, 0.3) is 0 Å². The predicted molar refractivity (Wildman–Crippen MR) is 141 cm³/mol. The van der Waals surface area contributed by atoms with Gasteiger partial charge in [0.15, 0.2) is 5.69 Å². The number of sulfonamides is 1. The monoisotopic (exact) mass is 491 g/mol. The summed E-state index contributed by atoms with van der Waals surface area (Å²) in [7, 11) is -3.49. The van der Waals surface area contributed by atoms with Crippen molar-refractivity contribution in [2.24, 2.45) is 5.73 Å². The van der Waals surface area contributed by atoms with Crippen LogP contribution in [0.15, 0.2) is 103 Å². The highest BCUT2D eigenvalue weighted by Gasteiger charge is 2.42. The molecular formula is C28H31N2O4S+. The maximum Gasteiger partial charge on any atom is 0.306 e. The Morgan fingerprint density at radius 1 is 0.886 bits per heavy atom. The van der Waals surface area contributed by atoms with E-state index >= 15 is 0 Å². The number of nitrogens with zero attached hydrogens (tertiary/aromatic N) is 1. The number of hydrogen-bond acceptors (Lipinski definition) is 5. The van der Waals surface area contributed by atoms with Crippen molar-refractivity contribution >= 4 is 15.7 Å². The first-order valence-corrected chi connectivity index (χ1v) is 13.3. The molecule has 0 aliphatic carbocycles. The highest BCUT2D eigenvalue weighted by Crippen LogP contribution is 2.35. The number of quaternary nitrogens is 1. The maximum absolute atomic E-state index is 13.3. The number of nitrogens with two attached hydrogens (primary N) is 1. The van der Waals surface area contributed by atoms with E-state index in [-0.39, 0.29) is 16.2 Å². The SMILES string of the molecule is CCCS(=O)(=O)[N+]1(c2ccc(Oc3ccc(OCc4ccccc4)cc3)cc2)C=C(CN)C=CC1. The molecule has 0 saturated heterocycles. The first-order chi connectivity index (χ1) is 17.0. The summed E-state index contributed by atoms with van der Waals surface area (Å²) in [5.41, 5.74) is 8.39. The Hall–Kier alpha value is -3.39. The second-order valence-electron chi connectivity index (χ2n) is 8.42. The summed E-state index contributed by atoms with van der Waals surface area (Å²) in [5, 5.41) is 0. The molecule has 0 bridgehead atoms. The second-order valence-corrected chi connectivity index (χ2v) is 10.6. The Balaban J connectivity index is 1.49. The van der Waals surface area contributed by atoms with E-state index in [1.807, 2.05) is 85.8 Å². The lowest BCUT2D eigenvalue weighted by Crippen LogP contribution is -2.52. The molecule has 2 N–H and O–H groups in total. The van der Waals surface area contributed by atoms with E-state index in [0.717, 1.165) is 16.9 Å². The van der Waals surface area contributed by atoms with E-state index in [4.69, 9.17) is 15.2 Å². The largest absolute Gasteiger partial charge is 0.489 e. The molecule has 1 unspecified atom stereocenters. The molecule has 35 heavy (non-hydrogen) atoms. The highest BCUT2D eigenvalue weighted by molar-refractivity contribution is 7.91. The van der Waals surface area contributed by atoms with E-state index in [9.17, 15) is 8.42 Å². The average Bonchev–Trinajstić information content (AvgIpc) is 2.89. The molecule has 0 amide bonds. The Bertz CT molecular complexity index is 1290. The number of rotatable bonds is 10. The van der Waals surface area contributed by atoms with Crippen LogP contribution in [0.3, 0.4) is 0 Å². The molecule has 1 aliphatic rings. The van der Waals surface area contributed by atoms with Crippen LogP contribution in [0, 0.1) is 0 Å². The van der Waals surface area contributed by atoms with Crippen LogP contribution < -0.4 is 19.1 Å². The molecule has 1 heterocycles. The van der Waals surface area contributed by atoms with Crippen LogP contribution >= 0.6 is 0 Å². The van der Waals surface area contributed by atoms with E-state index < -0.39 is 10.0 Å². The van der Waals surface area contributed by atoms with Gasteiger partial charge in [0.2, 0.25) is 0 Å². The van der Waals surface area contributed by atoms with Crippen LogP contribution in [0.2, 0.25) is 0 Å². The normalized spacial score (nSPS) is 17.6. The topological polar surface area (TPSA) is 78.6 Å². The van der Waals surface area contributed by atoms with Crippen LogP contribution in [-0.2, 0) is 16.6 Å². The third-order valence-corrected chi connectivity index (χ3v) is 8.24. The molecule has 3 aromatic carbocycles. The molecule has 0 radical (unpaired) electrons. The van der Waals surface area contributed by atoms with Gasteiger partial charge in [0, 0.05) is 24.3 Å². The van der Waals surface area contributed by atoms with E-state index in [2.05, 4.69) is 0 Å². The van der Waals surface area contributed by atoms with Gasteiger partial charge in [0.05, 0.1) is 0 Å². The standard InChI is InChI=1S/C28H31N2O4S/c1-2-19-35(31,32)30(18-6-9-24(20-29)21-30)25-10-12-27(13-11-25)34-28-16-14-26(15-17-28)33-22-23-7-4-3-5-8-23/h3-17,21H,2,18-20,22,29H2,1H3/q+1. The molecule has 0 saturated carbocycles. The Morgan fingerprint density at radius 2 is 1.51 bits per heavy atom. The van der Waals surface area contributed by atoms with Gasteiger partial charge in [-0.05, 0) is 54.5 Å². The minimum atomic E-state index is -3.49. The van der Waals surface area contributed by atoms with Crippen molar-refractivity contribution in [1.29, 1.82) is 0 Å². The van der Waals surface area contributed by atoms with Crippen molar-refractivity contribution in [2.45, 2.75) is 20.0 Å². The molecule has 0 aromatic heterocycles. The summed E-state index contributed by atoms with van der Waals surface area (Å²) in [5.74, 6) is 2.13. The molecule has 7 heteroatoms. The molecule has 0 fully saturated rings. The summed E-state index contributed by atoms with van der Waals surface area (Å²) in [6, 6.07) is 24.6. The highest BCUT2D eigenvalue weighted by atomic mass is 32.2. The predicted octanol–water partition coefficient (Wildman–Crippen LogP) is 5.52. The van der Waals surface area contributed by atoms with Gasteiger partial charge in [-0.2, -0.15) is 12.3 Å². The fourth-order valence-electron chi connectivity index (χ4n) is 4.05. The lowest BCUT2D eigenvalue weighted by Gasteiger charge is -2.34. The van der Waals surface area contributed by atoms with E-state index in [0.29, 0.717) is 36.8 Å². The van der Waals surface area contributed by atoms with Crippen molar-refractivity contribution < 1.29 is 17.9 Å². The summed E-state index contributed by atoms with van der Waals surface area (Å²) in [6.07, 6.45) is 6.07. The van der Waals surface area contributed by atoms with Crippen molar-refractivity contribution in [3.8, 4) is 17.2 Å². The minimum absolute atomic E-state index is 0.0894. The van der Waals surface area contributed by atoms with E-state index in [1.54, 1.807) is 18.3 Å². The van der Waals surface area contributed by atoms with Gasteiger partial charge in [-0.25, -0.2) is 0 Å². The first-order valence-electron chi connectivity index (χ1n) is 11.7. The lowest BCUT2D eigenvalue weighted by molar-refractivity contribution is 0.306. The third-order valence-electron chi connectivity index (χ3n) is 5.86. The molecule has 4 rings (SSSR count). The Morgan fingerprint density at radius 3 is 2.14 bits per heavy atom. The third kappa shape index (κ3) is 5.65. The van der Waals surface area contributed by atoms with Crippen molar-refractivity contribution in [3.63, 3.8) is 0 Å². The zero-order valence-electron chi connectivity index (χ0n) is 19.8. The molecular weight excluding hydrogens is 460 g/mol.